The lowest BCUT2D eigenvalue weighted by Crippen LogP contribution is -2.38. The van der Waals surface area contributed by atoms with Gasteiger partial charge in [-0.3, -0.25) is 15.0 Å². The topological polar surface area (TPSA) is 58.4 Å². The van der Waals surface area contributed by atoms with E-state index in [0.717, 1.165) is 31.7 Å². The first-order valence-corrected chi connectivity index (χ1v) is 6.79. The Morgan fingerprint density at radius 2 is 2.37 bits per heavy atom. The summed E-state index contributed by atoms with van der Waals surface area (Å²) in [7, 11) is 1.99. The van der Waals surface area contributed by atoms with E-state index < -0.39 is 0 Å². The summed E-state index contributed by atoms with van der Waals surface area (Å²) < 4.78 is 0. The van der Waals surface area contributed by atoms with Crippen LogP contribution < -0.4 is 5.32 Å². The lowest BCUT2D eigenvalue weighted by atomic mass is 9.97. The van der Waals surface area contributed by atoms with Crippen LogP contribution in [-0.2, 0) is 6.54 Å². The number of nitro benzene ring substituents is 1. The fraction of sp³-hybridized carbons (Fsp3) is 0.571. The van der Waals surface area contributed by atoms with E-state index in [4.69, 9.17) is 0 Å². The molecule has 0 bridgehead atoms. The van der Waals surface area contributed by atoms with E-state index in [9.17, 15) is 10.1 Å². The van der Waals surface area contributed by atoms with Crippen molar-refractivity contribution in [3.05, 3.63) is 39.9 Å². The van der Waals surface area contributed by atoms with Gasteiger partial charge >= 0.3 is 0 Å². The highest BCUT2D eigenvalue weighted by atomic mass is 16.6. The van der Waals surface area contributed by atoms with E-state index in [0.29, 0.717) is 5.92 Å². The van der Waals surface area contributed by atoms with Crippen LogP contribution in [0.5, 0.6) is 0 Å². The fourth-order valence-electron chi connectivity index (χ4n) is 2.78. The molecule has 1 fully saturated rings. The van der Waals surface area contributed by atoms with E-state index in [1.54, 1.807) is 18.2 Å². The summed E-state index contributed by atoms with van der Waals surface area (Å²) in [6.45, 7) is 4.01. The normalized spacial score (nSPS) is 20.4. The number of rotatable bonds is 5. The molecule has 1 heterocycles. The van der Waals surface area contributed by atoms with Crippen LogP contribution in [0.15, 0.2) is 24.3 Å². The molecule has 1 aliphatic rings. The van der Waals surface area contributed by atoms with Crippen LogP contribution in [0.3, 0.4) is 0 Å². The third-order valence-electron chi connectivity index (χ3n) is 3.62. The lowest BCUT2D eigenvalue weighted by Gasteiger charge is -2.32. The van der Waals surface area contributed by atoms with E-state index in [-0.39, 0.29) is 10.6 Å². The van der Waals surface area contributed by atoms with Crippen molar-refractivity contribution in [2.24, 2.45) is 5.92 Å². The van der Waals surface area contributed by atoms with Crippen LogP contribution in [0, 0.1) is 16.0 Å². The minimum absolute atomic E-state index is 0.182. The minimum Gasteiger partial charge on any atom is -0.319 e. The summed E-state index contributed by atoms with van der Waals surface area (Å²) in [5, 5.41) is 14.0. The van der Waals surface area contributed by atoms with E-state index >= 15 is 0 Å². The summed E-state index contributed by atoms with van der Waals surface area (Å²) in [5.41, 5.74) is 1.21. The SMILES string of the molecule is CNCC1CCCN(Cc2cccc([N+](=O)[O-])c2)C1. The van der Waals surface area contributed by atoms with Crippen LogP contribution in [0.1, 0.15) is 18.4 Å². The maximum atomic E-state index is 10.8. The van der Waals surface area contributed by atoms with E-state index in [2.05, 4.69) is 10.2 Å². The van der Waals surface area contributed by atoms with Crippen LogP contribution in [0.25, 0.3) is 0 Å². The Hall–Kier alpha value is -1.46. The molecule has 5 nitrogen and oxygen atoms in total. The first-order valence-electron chi connectivity index (χ1n) is 6.79. The van der Waals surface area contributed by atoms with E-state index in [1.807, 2.05) is 13.1 Å². The quantitative estimate of drug-likeness (QED) is 0.652. The molecule has 104 valence electrons. The zero-order chi connectivity index (χ0) is 13.7. The Morgan fingerprint density at radius 1 is 1.53 bits per heavy atom. The second kappa shape index (κ2) is 6.63. The van der Waals surface area contributed by atoms with Gasteiger partial charge in [0.1, 0.15) is 0 Å². The maximum Gasteiger partial charge on any atom is 0.269 e. The summed E-state index contributed by atoms with van der Waals surface area (Å²) in [5.74, 6) is 0.692. The molecule has 1 atom stereocenters. The molecule has 2 rings (SSSR count). The molecule has 1 aliphatic heterocycles. The predicted molar refractivity (Wildman–Crippen MR) is 75.0 cm³/mol. The average Bonchev–Trinajstić information content (AvgIpc) is 2.40. The monoisotopic (exact) mass is 263 g/mol. The first kappa shape index (κ1) is 14.0. The Labute approximate surface area is 113 Å². The third-order valence-corrected chi connectivity index (χ3v) is 3.62. The molecule has 0 aromatic heterocycles. The first-order chi connectivity index (χ1) is 9.19. The van der Waals surface area contributed by atoms with Crippen molar-refractivity contribution >= 4 is 5.69 Å². The van der Waals surface area contributed by atoms with Crippen molar-refractivity contribution in [3.8, 4) is 0 Å². The lowest BCUT2D eigenvalue weighted by molar-refractivity contribution is -0.384. The summed E-state index contributed by atoms with van der Waals surface area (Å²) in [6, 6.07) is 6.96. The van der Waals surface area contributed by atoms with Crippen molar-refractivity contribution in [2.45, 2.75) is 19.4 Å². The number of piperidine rings is 1. The standard InChI is InChI=1S/C14H21N3O2/c1-15-9-13-5-3-7-16(11-13)10-12-4-2-6-14(8-12)17(18)19/h2,4,6,8,13,15H,3,5,7,9-11H2,1H3. The van der Waals surface area contributed by atoms with E-state index in [1.165, 1.54) is 12.8 Å². The Kier molecular flexibility index (Phi) is 4.87. The molecule has 5 heteroatoms. The zero-order valence-corrected chi connectivity index (χ0v) is 11.3. The summed E-state index contributed by atoms with van der Waals surface area (Å²) in [6.07, 6.45) is 2.48. The molecule has 1 aromatic carbocycles. The van der Waals surface area contributed by atoms with Crippen molar-refractivity contribution < 1.29 is 4.92 Å². The Morgan fingerprint density at radius 3 is 3.11 bits per heavy atom. The molecular formula is C14H21N3O2. The van der Waals surface area contributed by atoms with Crippen molar-refractivity contribution in [1.82, 2.24) is 10.2 Å². The maximum absolute atomic E-state index is 10.8. The van der Waals surface area contributed by atoms with Crippen molar-refractivity contribution in [3.63, 3.8) is 0 Å². The number of non-ortho nitro benzene ring substituents is 1. The van der Waals surface area contributed by atoms with Gasteiger partial charge in [0.2, 0.25) is 0 Å². The minimum atomic E-state index is -0.330. The van der Waals surface area contributed by atoms with Gasteiger partial charge in [0.15, 0.2) is 0 Å². The Balaban J connectivity index is 1.96. The highest BCUT2D eigenvalue weighted by Gasteiger charge is 2.19. The van der Waals surface area contributed by atoms with Crippen LogP contribution in [0.2, 0.25) is 0 Å². The molecule has 19 heavy (non-hydrogen) atoms. The molecule has 0 aliphatic carbocycles. The van der Waals surface area contributed by atoms with Crippen molar-refractivity contribution in [1.29, 1.82) is 0 Å². The molecule has 0 radical (unpaired) electrons. The van der Waals surface area contributed by atoms with Gasteiger partial charge in [0.05, 0.1) is 4.92 Å². The predicted octanol–water partition coefficient (Wildman–Crippen LogP) is 2.03. The van der Waals surface area contributed by atoms with Crippen LogP contribution in [-0.4, -0.2) is 36.5 Å². The highest BCUT2D eigenvalue weighted by molar-refractivity contribution is 5.34. The second-order valence-corrected chi connectivity index (χ2v) is 5.23. The highest BCUT2D eigenvalue weighted by Crippen LogP contribution is 2.20. The number of hydrogen-bond donors (Lipinski definition) is 1. The van der Waals surface area contributed by atoms with Gasteiger partial charge in [0.25, 0.3) is 5.69 Å². The van der Waals surface area contributed by atoms with Gasteiger partial charge < -0.3 is 5.32 Å². The number of nitrogens with one attached hydrogen (secondary N) is 1. The molecule has 0 spiro atoms. The third kappa shape index (κ3) is 4.01. The fourth-order valence-corrected chi connectivity index (χ4v) is 2.78. The van der Waals surface area contributed by atoms with Gasteiger partial charge in [-0.2, -0.15) is 0 Å². The molecule has 1 unspecified atom stereocenters. The number of likely N-dealkylation sites (tertiary alicyclic amines) is 1. The molecule has 0 amide bonds. The Bertz CT molecular complexity index is 434. The molecule has 1 saturated heterocycles. The van der Waals surface area contributed by atoms with Gasteiger partial charge in [-0.25, -0.2) is 0 Å². The van der Waals surface area contributed by atoms with Gasteiger partial charge in [-0.15, -0.1) is 0 Å². The molecule has 0 saturated carbocycles. The molecule has 1 aromatic rings. The summed E-state index contributed by atoms with van der Waals surface area (Å²) >= 11 is 0. The molecule has 1 N–H and O–H groups in total. The average molecular weight is 263 g/mol. The number of hydrogen-bond acceptors (Lipinski definition) is 4. The molecular weight excluding hydrogens is 242 g/mol. The summed E-state index contributed by atoms with van der Waals surface area (Å²) in [4.78, 5) is 12.8. The van der Waals surface area contributed by atoms with Crippen LogP contribution >= 0.6 is 0 Å². The van der Waals surface area contributed by atoms with Crippen LogP contribution in [0.4, 0.5) is 5.69 Å². The largest absolute Gasteiger partial charge is 0.319 e. The zero-order valence-electron chi connectivity index (χ0n) is 11.3. The van der Waals surface area contributed by atoms with Gasteiger partial charge in [-0.05, 0) is 44.5 Å². The number of nitro groups is 1. The number of nitrogens with zero attached hydrogens (tertiary/aromatic N) is 2. The van der Waals surface area contributed by atoms with Crippen molar-refractivity contribution in [2.75, 3.05) is 26.7 Å². The number of benzene rings is 1. The second-order valence-electron chi connectivity index (χ2n) is 5.23. The smallest absolute Gasteiger partial charge is 0.269 e. The van der Waals surface area contributed by atoms with Gasteiger partial charge in [-0.1, -0.05) is 12.1 Å². The van der Waals surface area contributed by atoms with Gasteiger partial charge in [0, 0.05) is 25.2 Å².